The summed E-state index contributed by atoms with van der Waals surface area (Å²) >= 11 is 0. The fraction of sp³-hybridized carbons (Fsp3) is 0.538. The van der Waals surface area contributed by atoms with Gasteiger partial charge in [-0.05, 0) is 60.4 Å². The van der Waals surface area contributed by atoms with Crippen LogP contribution in [0, 0.1) is 0 Å². The van der Waals surface area contributed by atoms with Crippen molar-refractivity contribution in [3.05, 3.63) is 59.2 Å². The Balaban J connectivity index is 2.28. The fourth-order valence-electron chi connectivity index (χ4n) is 3.49. The van der Waals surface area contributed by atoms with Crippen LogP contribution in [0.2, 0.25) is 0 Å². The lowest BCUT2D eigenvalue weighted by Gasteiger charge is -2.27. The van der Waals surface area contributed by atoms with E-state index in [1.807, 2.05) is 84.0 Å². The normalized spacial score (nSPS) is 12.7. The molecule has 2 aromatic carbocycles. The van der Waals surface area contributed by atoms with Gasteiger partial charge >= 0.3 is 0 Å². The van der Waals surface area contributed by atoms with Crippen molar-refractivity contribution in [3.63, 3.8) is 0 Å². The van der Waals surface area contributed by atoms with Crippen LogP contribution in [0.5, 0.6) is 5.75 Å². The lowest BCUT2D eigenvalue weighted by Crippen LogP contribution is -2.30. The number of hydrogen-bond acceptors (Lipinski definition) is 4. The second-order valence-corrected chi connectivity index (χ2v) is 11.2. The topological polar surface area (TPSA) is 52.6 Å². The maximum atomic E-state index is 13.3. The first kappa shape index (κ1) is 25.4. The minimum atomic E-state index is -3.90. The summed E-state index contributed by atoms with van der Waals surface area (Å²) in [6.07, 6.45) is 0.444. The van der Waals surface area contributed by atoms with Gasteiger partial charge in [0.15, 0.2) is 0 Å². The molecule has 0 radical (unpaired) electrons. The molecule has 31 heavy (non-hydrogen) atoms. The molecule has 0 fully saturated rings. The van der Waals surface area contributed by atoms with Gasteiger partial charge in [0.05, 0.1) is 6.61 Å². The molecule has 0 saturated carbocycles. The summed E-state index contributed by atoms with van der Waals surface area (Å²) in [4.78, 5) is 0.337. The molecule has 172 valence electrons. The lowest BCUT2D eigenvalue weighted by atomic mass is 9.89. The largest absolute Gasteiger partial charge is 0.488 e. The third-order valence-electron chi connectivity index (χ3n) is 5.41. The van der Waals surface area contributed by atoms with Gasteiger partial charge in [-0.2, -0.15) is 8.42 Å². The van der Waals surface area contributed by atoms with Crippen molar-refractivity contribution in [2.45, 2.75) is 90.1 Å². The van der Waals surface area contributed by atoms with Crippen LogP contribution >= 0.6 is 0 Å². The van der Waals surface area contributed by atoms with E-state index >= 15 is 0 Å². The number of para-hydroxylation sites is 1. The standard InChI is InChI=1S/C26H38O4S/c1-18(2)21-16-23(19(3)4)25(24(17-21)20(5)6)31(27,28)29-15-14-26(7,8)30-22-12-10-9-11-13-22/h9-13,16-20H,14-15H2,1-8H3. The molecule has 2 aromatic rings. The van der Waals surface area contributed by atoms with Gasteiger partial charge in [-0.1, -0.05) is 71.9 Å². The minimum Gasteiger partial charge on any atom is -0.488 e. The molecule has 0 spiro atoms. The zero-order valence-electron chi connectivity index (χ0n) is 20.2. The van der Waals surface area contributed by atoms with E-state index in [9.17, 15) is 8.42 Å². The van der Waals surface area contributed by atoms with Crippen molar-refractivity contribution < 1.29 is 17.3 Å². The van der Waals surface area contributed by atoms with Crippen LogP contribution in [0.4, 0.5) is 0 Å². The highest BCUT2D eigenvalue weighted by Gasteiger charge is 2.29. The molecule has 0 aliphatic carbocycles. The van der Waals surface area contributed by atoms with Crippen molar-refractivity contribution in [1.29, 1.82) is 0 Å². The van der Waals surface area contributed by atoms with E-state index in [1.165, 1.54) is 0 Å². The molecular formula is C26H38O4S. The highest BCUT2D eigenvalue weighted by molar-refractivity contribution is 7.86. The molecule has 0 aliphatic heterocycles. The summed E-state index contributed by atoms with van der Waals surface area (Å²) in [5.74, 6) is 1.22. The van der Waals surface area contributed by atoms with Gasteiger partial charge in [0, 0.05) is 6.42 Å². The quantitative estimate of drug-likeness (QED) is 0.368. The molecule has 0 amide bonds. The van der Waals surface area contributed by atoms with Crippen molar-refractivity contribution in [2.24, 2.45) is 0 Å². The lowest BCUT2D eigenvalue weighted by molar-refractivity contribution is 0.0822. The maximum Gasteiger partial charge on any atom is 0.297 e. The molecule has 0 aromatic heterocycles. The van der Waals surface area contributed by atoms with Crippen molar-refractivity contribution >= 4 is 10.1 Å². The highest BCUT2D eigenvalue weighted by Crippen LogP contribution is 2.36. The van der Waals surface area contributed by atoms with Crippen LogP contribution in [-0.4, -0.2) is 20.6 Å². The summed E-state index contributed by atoms with van der Waals surface area (Å²) in [6.45, 7) is 16.3. The molecule has 0 atom stereocenters. The molecule has 4 nitrogen and oxygen atoms in total. The van der Waals surface area contributed by atoms with Crippen LogP contribution < -0.4 is 4.74 Å². The smallest absolute Gasteiger partial charge is 0.297 e. The van der Waals surface area contributed by atoms with Crippen LogP contribution in [0.3, 0.4) is 0 Å². The molecule has 0 saturated heterocycles. The fourth-order valence-corrected chi connectivity index (χ4v) is 5.08. The van der Waals surface area contributed by atoms with Crippen LogP contribution in [0.1, 0.15) is 96.3 Å². The summed E-state index contributed by atoms with van der Waals surface area (Å²) < 4.78 is 38.3. The maximum absolute atomic E-state index is 13.3. The number of rotatable bonds is 10. The number of ether oxygens (including phenoxy) is 1. The molecule has 0 aliphatic rings. The molecule has 0 bridgehead atoms. The van der Waals surface area contributed by atoms with Crippen molar-refractivity contribution in [3.8, 4) is 5.75 Å². The molecule has 0 unspecified atom stereocenters. The van der Waals surface area contributed by atoms with Gasteiger partial charge in [-0.3, -0.25) is 4.18 Å². The summed E-state index contributed by atoms with van der Waals surface area (Å²) in [5.41, 5.74) is 2.26. The van der Waals surface area contributed by atoms with Gasteiger partial charge in [0.25, 0.3) is 10.1 Å². The van der Waals surface area contributed by atoms with E-state index in [0.717, 1.165) is 22.4 Å². The average Bonchev–Trinajstić information content (AvgIpc) is 2.66. The SMILES string of the molecule is CC(C)c1cc(C(C)C)c(S(=O)(=O)OCCC(C)(C)Oc2ccccc2)c(C(C)C)c1. The zero-order chi connectivity index (χ0) is 23.4. The Kier molecular flexibility index (Phi) is 8.34. The third-order valence-corrected chi connectivity index (χ3v) is 6.86. The summed E-state index contributed by atoms with van der Waals surface area (Å²) in [6, 6.07) is 13.6. The Bertz CT molecular complexity index is 929. The second-order valence-electron chi connectivity index (χ2n) is 9.69. The first-order valence-corrected chi connectivity index (χ1v) is 12.6. The summed E-state index contributed by atoms with van der Waals surface area (Å²) in [5, 5.41) is 0. The second kappa shape index (κ2) is 10.2. The van der Waals surface area contributed by atoms with Crippen molar-refractivity contribution in [2.75, 3.05) is 6.61 Å². The molecule has 0 N–H and O–H groups in total. The molecule has 5 heteroatoms. The van der Waals surface area contributed by atoms with E-state index in [4.69, 9.17) is 8.92 Å². The first-order chi connectivity index (χ1) is 14.3. The van der Waals surface area contributed by atoms with Gasteiger partial charge in [0.2, 0.25) is 0 Å². The van der Waals surface area contributed by atoms with Crippen molar-refractivity contribution in [1.82, 2.24) is 0 Å². The molecular weight excluding hydrogens is 408 g/mol. The van der Waals surface area contributed by atoms with Crippen LogP contribution in [0.25, 0.3) is 0 Å². The van der Waals surface area contributed by atoms with Gasteiger partial charge < -0.3 is 4.74 Å². The zero-order valence-corrected chi connectivity index (χ0v) is 21.0. The average molecular weight is 447 g/mol. The van der Waals surface area contributed by atoms with Crippen LogP contribution in [0.15, 0.2) is 47.4 Å². The summed E-state index contributed by atoms with van der Waals surface area (Å²) in [7, 11) is -3.90. The van der Waals surface area contributed by atoms with Gasteiger partial charge in [-0.15, -0.1) is 0 Å². The monoisotopic (exact) mass is 446 g/mol. The first-order valence-electron chi connectivity index (χ1n) is 11.2. The van der Waals surface area contributed by atoms with E-state index in [0.29, 0.717) is 17.2 Å². The molecule has 0 heterocycles. The predicted molar refractivity (Wildman–Crippen MR) is 128 cm³/mol. The van der Waals surface area contributed by atoms with E-state index in [1.54, 1.807) is 0 Å². The number of hydrogen-bond donors (Lipinski definition) is 0. The third kappa shape index (κ3) is 6.81. The van der Waals surface area contributed by atoms with E-state index in [-0.39, 0.29) is 18.4 Å². The predicted octanol–water partition coefficient (Wildman–Crippen LogP) is 7.01. The Morgan fingerprint density at radius 1 is 0.839 bits per heavy atom. The van der Waals surface area contributed by atoms with Gasteiger partial charge in [0.1, 0.15) is 16.2 Å². The Hall–Kier alpha value is -1.85. The minimum absolute atomic E-state index is 0.0587. The van der Waals surface area contributed by atoms with Crippen LogP contribution in [-0.2, 0) is 14.3 Å². The Morgan fingerprint density at radius 2 is 1.35 bits per heavy atom. The van der Waals surface area contributed by atoms with Gasteiger partial charge in [-0.25, -0.2) is 0 Å². The van der Waals surface area contributed by atoms with E-state index in [2.05, 4.69) is 13.8 Å². The number of benzene rings is 2. The highest BCUT2D eigenvalue weighted by atomic mass is 32.2. The molecule has 2 rings (SSSR count). The Morgan fingerprint density at radius 3 is 1.81 bits per heavy atom. The Labute approximate surface area is 189 Å². The van der Waals surface area contributed by atoms with E-state index < -0.39 is 15.7 Å².